The molecule has 0 radical (unpaired) electrons. The molecule has 14 aromatic rings. The monoisotopic (exact) mass is 1020 g/mol. The minimum absolute atomic E-state index is 0.479. The Kier molecular flexibility index (Phi) is 8.60. The number of hydrogen-bond acceptors (Lipinski definition) is 4. The third-order valence-corrected chi connectivity index (χ3v) is 20.4. The van der Waals surface area contributed by atoms with E-state index in [0.29, 0.717) is 0 Å². The fourth-order valence-electron chi connectivity index (χ4n) is 14.7. The van der Waals surface area contributed by atoms with Gasteiger partial charge in [-0.25, -0.2) is 0 Å². The summed E-state index contributed by atoms with van der Waals surface area (Å²) in [5.74, 6) is 0. The molecule has 0 saturated carbocycles. The van der Waals surface area contributed by atoms with Crippen LogP contribution in [0.15, 0.2) is 255 Å². The first kappa shape index (κ1) is 42.9. The molecule has 0 fully saturated rings. The molecular formula is C74H42N2S2. The minimum Gasteiger partial charge on any atom is -0.256 e. The number of fused-ring (bicyclic) bond motifs is 25. The number of rotatable bonds is 4. The second-order valence-electron chi connectivity index (χ2n) is 21.4. The molecule has 18 rings (SSSR count). The van der Waals surface area contributed by atoms with Gasteiger partial charge in [0.15, 0.2) is 0 Å². The van der Waals surface area contributed by atoms with Crippen LogP contribution >= 0.6 is 22.7 Å². The highest BCUT2D eigenvalue weighted by molar-refractivity contribution is 7.20. The van der Waals surface area contributed by atoms with E-state index in [2.05, 4.69) is 236 Å². The van der Waals surface area contributed by atoms with E-state index in [1.54, 1.807) is 0 Å². The number of thiophene rings is 2. The van der Waals surface area contributed by atoms with E-state index in [1.165, 1.54) is 136 Å². The first-order valence-electron chi connectivity index (χ1n) is 26.9. The summed E-state index contributed by atoms with van der Waals surface area (Å²) < 4.78 is 2.63. The van der Waals surface area contributed by atoms with E-state index in [9.17, 15) is 0 Å². The molecule has 4 aliphatic carbocycles. The normalized spacial score (nSPS) is 15.3. The van der Waals surface area contributed by atoms with Crippen molar-refractivity contribution in [2.45, 2.75) is 10.8 Å². The summed E-state index contributed by atoms with van der Waals surface area (Å²) in [6, 6.07) is 91.5. The fourth-order valence-corrected chi connectivity index (χ4v) is 17.6. The van der Waals surface area contributed by atoms with Crippen molar-refractivity contribution < 1.29 is 0 Å². The standard InChI is InChI=1S/C74H42N2S2/c1-5-22-58-51(16-1)52-17-2-6-23-59(52)73(58)63-42-48(50-21-11-14-45-15-13-39-76-70(45)50)33-36-55(63)69-57-40-47(34-37-66(57)78-72(69)73)49-20-12-25-61-67(49)53-18-3-7-24-60(53)74(61)62-41-46(43-28-30-44(31-29-43)64-26-9-10-38-75-64)32-35-54(62)68-56-19-4-8-27-65(56)77-71(68)74/h1-42H. The van der Waals surface area contributed by atoms with Crippen LogP contribution in [0.25, 0.3) is 120 Å². The van der Waals surface area contributed by atoms with Gasteiger partial charge >= 0.3 is 0 Å². The summed E-state index contributed by atoms with van der Waals surface area (Å²) in [5, 5.41) is 3.78. The van der Waals surface area contributed by atoms with Crippen molar-refractivity contribution >= 4 is 53.7 Å². The summed E-state index contributed by atoms with van der Waals surface area (Å²) in [6.45, 7) is 0. The van der Waals surface area contributed by atoms with E-state index in [1.807, 2.05) is 47.2 Å². The van der Waals surface area contributed by atoms with Crippen LogP contribution in [0.2, 0.25) is 0 Å². The molecule has 2 spiro atoms. The van der Waals surface area contributed by atoms with E-state index in [-0.39, 0.29) is 0 Å². The molecule has 0 bridgehead atoms. The summed E-state index contributed by atoms with van der Waals surface area (Å²) >= 11 is 3.94. The number of para-hydroxylation sites is 1. The van der Waals surface area contributed by atoms with E-state index in [4.69, 9.17) is 4.98 Å². The Bertz CT molecular complexity index is 4870. The summed E-state index contributed by atoms with van der Waals surface area (Å²) in [4.78, 5) is 12.4. The lowest BCUT2D eigenvalue weighted by molar-refractivity contribution is 0.812. The molecule has 0 amide bonds. The predicted octanol–water partition coefficient (Wildman–Crippen LogP) is 19.4. The zero-order chi connectivity index (χ0) is 50.8. The summed E-state index contributed by atoms with van der Waals surface area (Å²) in [5.41, 5.74) is 28.1. The zero-order valence-corrected chi connectivity index (χ0v) is 43.6. The average Bonchev–Trinajstić information content (AvgIpc) is 3.91. The third kappa shape index (κ3) is 5.41. The molecule has 360 valence electrons. The molecule has 4 heterocycles. The molecule has 4 heteroatoms. The Morgan fingerprint density at radius 1 is 0.282 bits per heavy atom. The maximum Gasteiger partial charge on any atom is 0.0819 e. The van der Waals surface area contributed by atoms with E-state index >= 15 is 0 Å². The molecular weight excluding hydrogens is 981 g/mol. The smallest absolute Gasteiger partial charge is 0.0819 e. The minimum atomic E-state index is -0.514. The molecule has 2 nitrogen and oxygen atoms in total. The molecule has 1 atom stereocenters. The molecule has 0 N–H and O–H groups in total. The summed E-state index contributed by atoms with van der Waals surface area (Å²) in [6.07, 6.45) is 3.78. The Morgan fingerprint density at radius 2 is 0.795 bits per heavy atom. The van der Waals surface area contributed by atoms with Gasteiger partial charge in [0.1, 0.15) is 0 Å². The van der Waals surface area contributed by atoms with Gasteiger partial charge in [0.2, 0.25) is 0 Å². The maximum atomic E-state index is 4.94. The van der Waals surface area contributed by atoms with Gasteiger partial charge in [-0.15, -0.1) is 22.7 Å². The first-order chi connectivity index (χ1) is 38.7. The van der Waals surface area contributed by atoms with Crippen molar-refractivity contribution in [1.29, 1.82) is 0 Å². The van der Waals surface area contributed by atoms with Gasteiger partial charge in [-0.3, -0.25) is 9.97 Å². The van der Waals surface area contributed by atoms with E-state index in [0.717, 1.165) is 27.7 Å². The van der Waals surface area contributed by atoms with Crippen LogP contribution in [0.5, 0.6) is 0 Å². The highest BCUT2D eigenvalue weighted by atomic mass is 32.1. The quantitative estimate of drug-likeness (QED) is 0.176. The highest BCUT2D eigenvalue weighted by Crippen LogP contribution is 2.69. The molecule has 0 saturated heterocycles. The lowest BCUT2D eigenvalue weighted by atomic mass is 9.73. The number of pyridine rings is 2. The number of hydrogen-bond donors (Lipinski definition) is 0. The largest absolute Gasteiger partial charge is 0.256 e. The van der Waals surface area contributed by atoms with Gasteiger partial charge in [0, 0.05) is 70.0 Å². The van der Waals surface area contributed by atoms with Crippen LogP contribution in [0.1, 0.15) is 43.1 Å². The Balaban J connectivity index is 0.862. The van der Waals surface area contributed by atoms with Crippen LogP contribution in [-0.2, 0) is 10.8 Å². The lowest BCUT2D eigenvalue weighted by Crippen LogP contribution is -2.25. The average molecular weight is 1020 g/mol. The Labute approximate surface area is 458 Å². The fraction of sp³-hybridized carbons (Fsp3) is 0.0270. The van der Waals surface area contributed by atoms with Crippen molar-refractivity contribution in [3.8, 4) is 89.1 Å². The summed E-state index contributed by atoms with van der Waals surface area (Å²) in [7, 11) is 0. The molecule has 0 aliphatic heterocycles. The van der Waals surface area contributed by atoms with Gasteiger partial charge in [-0.05, 0) is 143 Å². The van der Waals surface area contributed by atoms with Crippen molar-refractivity contribution in [1.82, 2.24) is 9.97 Å². The van der Waals surface area contributed by atoms with Crippen molar-refractivity contribution in [2.24, 2.45) is 0 Å². The lowest BCUT2D eigenvalue weighted by Gasteiger charge is -2.30. The topological polar surface area (TPSA) is 25.8 Å². The molecule has 10 aromatic carbocycles. The van der Waals surface area contributed by atoms with Crippen LogP contribution < -0.4 is 0 Å². The molecule has 4 aliphatic rings. The zero-order valence-electron chi connectivity index (χ0n) is 42.0. The second kappa shape index (κ2) is 15.6. The molecule has 1 unspecified atom stereocenters. The predicted molar refractivity (Wildman–Crippen MR) is 325 cm³/mol. The Hall–Kier alpha value is -9.32. The van der Waals surface area contributed by atoms with Crippen LogP contribution in [-0.4, -0.2) is 9.97 Å². The van der Waals surface area contributed by atoms with Gasteiger partial charge in [0.05, 0.1) is 22.0 Å². The first-order valence-corrected chi connectivity index (χ1v) is 28.5. The SMILES string of the molecule is c1ccc(-c2ccc(-c3ccc4c(c3)C3(c5ccccc5-c5c(-c6ccc7sc8c(c7c6)-c6ccc(-c7cccc9cccnc79)cc6C86c7ccccc7-c7ccccc76)cccc53)c3sc5ccccc5c3-4)cc2)nc1. The van der Waals surface area contributed by atoms with Crippen LogP contribution in [0.3, 0.4) is 0 Å². The maximum absolute atomic E-state index is 4.94. The number of benzene rings is 10. The van der Waals surface area contributed by atoms with Gasteiger partial charge in [-0.1, -0.05) is 194 Å². The van der Waals surface area contributed by atoms with Gasteiger partial charge < -0.3 is 0 Å². The van der Waals surface area contributed by atoms with Crippen molar-refractivity contribution in [3.05, 3.63) is 298 Å². The van der Waals surface area contributed by atoms with Crippen LogP contribution in [0.4, 0.5) is 0 Å². The van der Waals surface area contributed by atoms with Crippen molar-refractivity contribution in [3.63, 3.8) is 0 Å². The van der Waals surface area contributed by atoms with Crippen molar-refractivity contribution in [2.75, 3.05) is 0 Å². The Morgan fingerprint density at radius 3 is 1.56 bits per heavy atom. The van der Waals surface area contributed by atoms with Gasteiger partial charge in [0.25, 0.3) is 0 Å². The van der Waals surface area contributed by atoms with E-state index < -0.39 is 10.8 Å². The molecule has 78 heavy (non-hydrogen) atoms. The molecule has 4 aromatic heterocycles. The van der Waals surface area contributed by atoms with Gasteiger partial charge in [-0.2, -0.15) is 0 Å². The second-order valence-corrected chi connectivity index (χ2v) is 23.5. The number of nitrogens with zero attached hydrogens (tertiary/aromatic N) is 2. The van der Waals surface area contributed by atoms with Crippen LogP contribution in [0, 0.1) is 0 Å². The number of aromatic nitrogens is 2. The third-order valence-electron chi connectivity index (χ3n) is 17.8. The highest BCUT2D eigenvalue weighted by Gasteiger charge is 2.55.